The first kappa shape index (κ1) is 29.7. The fraction of sp³-hybridized carbons (Fsp3) is 0.0377. The molecule has 0 fully saturated rings. The molecular formula is C53H33N. The highest BCUT2D eigenvalue weighted by molar-refractivity contribution is 5.96. The van der Waals surface area contributed by atoms with Crippen LogP contribution < -0.4 is 0 Å². The van der Waals surface area contributed by atoms with Crippen LogP contribution in [-0.4, -0.2) is 4.98 Å². The van der Waals surface area contributed by atoms with E-state index < -0.39 is 10.8 Å². The van der Waals surface area contributed by atoms with Crippen molar-refractivity contribution in [3.63, 3.8) is 0 Å². The quantitative estimate of drug-likeness (QED) is 0.177. The molecule has 0 atom stereocenters. The van der Waals surface area contributed by atoms with E-state index in [1.54, 1.807) is 0 Å². The Morgan fingerprint density at radius 2 is 0.704 bits per heavy atom. The lowest BCUT2D eigenvalue weighted by atomic mass is 9.52. The van der Waals surface area contributed by atoms with Gasteiger partial charge in [0, 0.05) is 17.1 Å². The molecule has 0 amide bonds. The molecule has 0 aliphatic heterocycles. The molecule has 0 bridgehead atoms. The molecule has 12 rings (SSSR count). The molecule has 9 aromatic rings. The first-order valence-corrected chi connectivity index (χ1v) is 18.9. The first-order valence-electron chi connectivity index (χ1n) is 18.9. The van der Waals surface area contributed by atoms with Crippen LogP contribution in [0.25, 0.3) is 55.4 Å². The van der Waals surface area contributed by atoms with Crippen LogP contribution in [0.2, 0.25) is 0 Å². The van der Waals surface area contributed by atoms with Gasteiger partial charge < -0.3 is 0 Å². The van der Waals surface area contributed by atoms with E-state index in [1.165, 1.54) is 83.5 Å². The minimum Gasteiger partial charge on any atom is -0.256 e. The standard InChI is InChI=1S/C53H33N/c1-5-23-43-39(18-1)40-19-2-6-24-44(40)52(43)47-27-9-10-28-48(47)53(45-25-7-3-20-41(45)42-21-4-8-26-46(42)53)50-33-36(29-30-49(50)52)35-15-11-16-37(32-35)38-22-12-14-34-17-13-31-54-51(34)38/h1-33H. The maximum absolute atomic E-state index is 4.81. The Bertz CT molecular complexity index is 2920. The monoisotopic (exact) mass is 683 g/mol. The van der Waals surface area contributed by atoms with Crippen molar-refractivity contribution >= 4 is 10.9 Å². The molecule has 3 aliphatic carbocycles. The van der Waals surface area contributed by atoms with Crippen molar-refractivity contribution in [3.8, 4) is 44.5 Å². The summed E-state index contributed by atoms with van der Waals surface area (Å²) in [7, 11) is 0. The van der Waals surface area contributed by atoms with Crippen LogP contribution in [0, 0.1) is 0 Å². The number of hydrogen-bond acceptors (Lipinski definition) is 1. The largest absolute Gasteiger partial charge is 0.256 e. The van der Waals surface area contributed by atoms with Crippen molar-refractivity contribution in [1.29, 1.82) is 0 Å². The van der Waals surface area contributed by atoms with Crippen molar-refractivity contribution in [2.75, 3.05) is 0 Å². The molecule has 8 aromatic carbocycles. The molecule has 0 radical (unpaired) electrons. The number of rotatable bonds is 2. The van der Waals surface area contributed by atoms with E-state index >= 15 is 0 Å². The van der Waals surface area contributed by atoms with Crippen molar-refractivity contribution < 1.29 is 0 Å². The summed E-state index contributed by atoms with van der Waals surface area (Å²) in [6.07, 6.45) is 1.89. The fourth-order valence-electron chi connectivity index (χ4n) is 10.6. The summed E-state index contributed by atoms with van der Waals surface area (Å²) in [5, 5.41) is 1.15. The summed E-state index contributed by atoms with van der Waals surface area (Å²) in [6, 6.07) is 72.8. The van der Waals surface area contributed by atoms with Gasteiger partial charge in [-0.25, -0.2) is 0 Å². The van der Waals surface area contributed by atoms with Gasteiger partial charge in [-0.15, -0.1) is 0 Å². The van der Waals surface area contributed by atoms with Gasteiger partial charge >= 0.3 is 0 Å². The number of hydrogen-bond donors (Lipinski definition) is 0. The van der Waals surface area contributed by atoms with E-state index in [2.05, 4.69) is 188 Å². The summed E-state index contributed by atoms with van der Waals surface area (Å²) >= 11 is 0. The lowest BCUT2D eigenvalue weighted by molar-refractivity contribution is 0.633. The molecule has 0 saturated carbocycles. The molecule has 1 heteroatoms. The van der Waals surface area contributed by atoms with Gasteiger partial charge in [-0.2, -0.15) is 0 Å². The highest BCUT2D eigenvalue weighted by atomic mass is 14.6. The summed E-state index contributed by atoms with van der Waals surface area (Å²) < 4.78 is 0. The van der Waals surface area contributed by atoms with E-state index in [0.717, 1.165) is 16.5 Å². The highest BCUT2D eigenvalue weighted by Gasteiger charge is 2.58. The predicted octanol–water partition coefficient (Wildman–Crippen LogP) is 12.6. The maximum Gasteiger partial charge on any atom is 0.0780 e. The van der Waals surface area contributed by atoms with Gasteiger partial charge in [0.05, 0.1) is 16.3 Å². The van der Waals surface area contributed by atoms with Gasteiger partial charge in [-0.05, 0) is 102 Å². The van der Waals surface area contributed by atoms with Crippen molar-refractivity contribution in [3.05, 3.63) is 245 Å². The molecule has 1 aromatic heterocycles. The second-order valence-electron chi connectivity index (χ2n) is 14.9. The summed E-state index contributed by atoms with van der Waals surface area (Å²) in [5.74, 6) is 0. The first-order chi connectivity index (χ1) is 26.8. The SMILES string of the molecule is c1cc(-c2ccc3c(c2)C2(c4ccccc4-c4ccccc42)c2ccccc2C32c3ccccc3-c3ccccc32)cc(-c2cccc3cccnc23)c1. The topological polar surface area (TPSA) is 12.9 Å². The van der Waals surface area contributed by atoms with Crippen LogP contribution in [0.15, 0.2) is 200 Å². The van der Waals surface area contributed by atoms with Crippen LogP contribution in [0.5, 0.6) is 0 Å². The summed E-state index contributed by atoms with van der Waals surface area (Å²) in [6.45, 7) is 0. The Balaban J connectivity index is 1.21. The Hall–Kier alpha value is -6.83. The smallest absolute Gasteiger partial charge is 0.0780 e. The number of aromatic nitrogens is 1. The molecule has 1 nitrogen and oxygen atoms in total. The third-order valence-corrected chi connectivity index (χ3v) is 12.6. The van der Waals surface area contributed by atoms with Crippen LogP contribution in [0.1, 0.15) is 44.5 Å². The van der Waals surface area contributed by atoms with Crippen LogP contribution >= 0.6 is 0 Å². The van der Waals surface area contributed by atoms with Crippen LogP contribution in [0.4, 0.5) is 0 Å². The van der Waals surface area contributed by atoms with Gasteiger partial charge in [-0.1, -0.05) is 176 Å². The summed E-state index contributed by atoms with van der Waals surface area (Å²) in [5.41, 5.74) is 20.8. The predicted molar refractivity (Wildman–Crippen MR) is 221 cm³/mol. The Kier molecular flexibility index (Phi) is 5.97. The average Bonchev–Trinajstić information content (AvgIpc) is 3.71. The maximum atomic E-state index is 4.81. The van der Waals surface area contributed by atoms with Crippen LogP contribution in [-0.2, 0) is 10.8 Å². The second-order valence-corrected chi connectivity index (χ2v) is 14.9. The zero-order chi connectivity index (χ0) is 35.4. The Labute approximate surface area is 314 Å². The number of para-hydroxylation sites is 1. The molecule has 2 spiro atoms. The minimum absolute atomic E-state index is 0.480. The fourth-order valence-corrected chi connectivity index (χ4v) is 10.6. The van der Waals surface area contributed by atoms with Gasteiger partial charge in [0.2, 0.25) is 0 Å². The second kappa shape index (κ2) is 10.9. The number of benzene rings is 8. The molecule has 3 aliphatic rings. The van der Waals surface area contributed by atoms with Gasteiger partial charge in [0.25, 0.3) is 0 Å². The average molecular weight is 684 g/mol. The minimum atomic E-state index is -0.510. The highest BCUT2D eigenvalue weighted by Crippen LogP contribution is 2.67. The van der Waals surface area contributed by atoms with Gasteiger partial charge in [0.15, 0.2) is 0 Å². The third kappa shape index (κ3) is 3.61. The van der Waals surface area contributed by atoms with Gasteiger partial charge in [-0.3, -0.25) is 4.98 Å². The Morgan fingerprint density at radius 1 is 0.278 bits per heavy atom. The van der Waals surface area contributed by atoms with Crippen LogP contribution in [0.3, 0.4) is 0 Å². The van der Waals surface area contributed by atoms with Crippen molar-refractivity contribution in [2.24, 2.45) is 0 Å². The van der Waals surface area contributed by atoms with Crippen molar-refractivity contribution in [1.82, 2.24) is 4.98 Å². The van der Waals surface area contributed by atoms with Gasteiger partial charge in [0.1, 0.15) is 0 Å². The zero-order valence-corrected chi connectivity index (χ0v) is 29.5. The van der Waals surface area contributed by atoms with E-state index in [4.69, 9.17) is 4.98 Å². The lowest BCUT2D eigenvalue weighted by Crippen LogP contribution is -2.43. The Morgan fingerprint density at radius 3 is 1.30 bits per heavy atom. The number of nitrogens with zero attached hydrogens (tertiary/aromatic N) is 1. The molecule has 0 N–H and O–H groups in total. The van der Waals surface area contributed by atoms with E-state index in [0.29, 0.717) is 0 Å². The molecule has 1 heterocycles. The molecule has 0 unspecified atom stereocenters. The summed E-state index contributed by atoms with van der Waals surface area (Å²) in [4.78, 5) is 4.81. The molecule has 250 valence electrons. The lowest BCUT2D eigenvalue weighted by Gasteiger charge is -2.49. The normalized spacial score (nSPS) is 14.6. The molecule has 54 heavy (non-hydrogen) atoms. The third-order valence-electron chi connectivity index (χ3n) is 12.6. The van der Waals surface area contributed by atoms with Crippen molar-refractivity contribution in [2.45, 2.75) is 10.8 Å². The molecule has 0 saturated heterocycles. The zero-order valence-electron chi connectivity index (χ0n) is 29.5. The van der Waals surface area contributed by atoms with E-state index in [-0.39, 0.29) is 0 Å². The van der Waals surface area contributed by atoms with E-state index in [1.807, 2.05) is 12.3 Å². The molecular weight excluding hydrogens is 651 g/mol. The van der Waals surface area contributed by atoms with E-state index in [9.17, 15) is 0 Å². The number of pyridine rings is 1. The number of fused-ring (bicyclic) bond motifs is 17.